The summed E-state index contributed by atoms with van der Waals surface area (Å²) in [6.07, 6.45) is 1.55. The topological polar surface area (TPSA) is 93.5 Å². The first-order valence-corrected chi connectivity index (χ1v) is 7.81. The van der Waals surface area contributed by atoms with Gasteiger partial charge in [0.25, 0.3) is 0 Å². The Hall–Kier alpha value is -2.83. The van der Waals surface area contributed by atoms with Crippen molar-refractivity contribution in [2.24, 2.45) is 0 Å². The number of nitrogens with zero attached hydrogens (tertiary/aromatic N) is 2. The van der Waals surface area contributed by atoms with Crippen molar-refractivity contribution in [2.45, 2.75) is 39.0 Å². The number of alkyl carbamates (subject to hydrolysis) is 1. The Kier molecular flexibility index (Phi) is 6.36. The van der Waals surface area contributed by atoms with Gasteiger partial charge < -0.3 is 15.2 Å². The molecule has 0 aliphatic rings. The van der Waals surface area contributed by atoms with Crippen LogP contribution in [0, 0.1) is 0 Å². The zero-order chi connectivity index (χ0) is 17.4. The second-order valence-electron chi connectivity index (χ2n) is 5.34. The highest BCUT2D eigenvalue weighted by Crippen LogP contribution is 2.17. The van der Waals surface area contributed by atoms with Gasteiger partial charge in [0.05, 0.1) is 18.2 Å². The third-order valence-corrected chi connectivity index (χ3v) is 3.43. The number of benzene rings is 1. The number of amides is 1. The maximum Gasteiger partial charge on any atom is 0.408 e. The Morgan fingerprint density at radius 2 is 2.04 bits per heavy atom. The average Bonchev–Trinajstić information content (AvgIpc) is 3.01. The van der Waals surface area contributed by atoms with Crippen molar-refractivity contribution in [3.05, 3.63) is 53.9 Å². The van der Waals surface area contributed by atoms with Gasteiger partial charge in [-0.25, -0.2) is 4.79 Å². The molecule has 2 N–H and O–H groups in total. The molecule has 0 spiro atoms. The van der Waals surface area contributed by atoms with Gasteiger partial charge in [0.1, 0.15) is 6.61 Å². The van der Waals surface area contributed by atoms with E-state index in [1.807, 2.05) is 37.3 Å². The Morgan fingerprint density at radius 1 is 1.29 bits per heavy atom. The van der Waals surface area contributed by atoms with Crippen molar-refractivity contribution < 1.29 is 19.4 Å². The first kappa shape index (κ1) is 17.5. The van der Waals surface area contributed by atoms with Crippen molar-refractivity contribution in [1.29, 1.82) is 0 Å². The minimum Gasteiger partial charge on any atom is -0.481 e. The summed E-state index contributed by atoms with van der Waals surface area (Å²) in [6, 6.07) is 10.3. The lowest BCUT2D eigenvalue weighted by Crippen LogP contribution is -2.32. The number of aliphatic carboxylic acids is 1. The molecular formula is C17H21N3O4. The Morgan fingerprint density at radius 3 is 2.71 bits per heavy atom. The van der Waals surface area contributed by atoms with Crippen LogP contribution in [0.25, 0.3) is 0 Å². The normalized spacial score (nSPS) is 11.7. The summed E-state index contributed by atoms with van der Waals surface area (Å²) in [5.41, 5.74) is 1.51. The number of carboxylic acid groups (broad SMARTS) is 1. The van der Waals surface area contributed by atoms with Gasteiger partial charge in [-0.05, 0) is 18.1 Å². The highest BCUT2D eigenvalue weighted by molar-refractivity contribution is 5.71. The van der Waals surface area contributed by atoms with E-state index in [1.165, 1.54) is 0 Å². The fraction of sp³-hybridized carbons (Fsp3) is 0.353. The molecule has 24 heavy (non-hydrogen) atoms. The molecule has 1 aromatic carbocycles. The van der Waals surface area contributed by atoms with Gasteiger partial charge in [-0.15, -0.1) is 0 Å². The standard InChI is InChI=1S/C17H21N3O4/c1-2-10-20-15(8-9-18-20)14(11-16(21)22)19-17(23)24-12-13-6-4-3-5-7-13/h3-9,14H,2,10-12H2,1H3,(H,19,23)(H,21,22)/t14-/m0/s1. The maximum absolute atomic E-state index is 12.0. The Balaban J connectivity index is 2.01. The van der Waals surface area contributed by atoms with Gasteiger partial charge in [-0.3, -0.25) is 9.48 Å². The number of hydrogen-bond acceptors (Lipinski definition) is 4. The second-order valence-corrected chi connectivity index (χ2v) is 5.34. The van der Waals surface area contributed by atoms with Crippen molar-refractivity contribution in [3.8, 4) is 0 Å². The van der Waals surface area contributed by atoms with Gasteiger partial charge in [0.2, 0.25) is 0 Å². The van der Waals surface area contributed by atoms with Crippen LogP contribution in [0.4, 0.5) is 4.79 Å². The van der Waals surface area contributed by atoms with Gasteiger partial charge in [-0.2, -0.15) is 5.10 Å². The van der Waals surface area contributed by atoms with E-state index < -0.39 is 18.1 Å². The van der Waals surface area contributed by atoms with Crippen LogP contribution in [0.2, 0.25) is 0 Å². The molecule has 1 amide bonds. The van der Waals surface area contributed by atoms with E-state index in [4.69, 9.17) is 9.84 Å². The first-order chi connectivity index (χ1) is 11.6. The van der Waals surface area contributed by atoms with Crippen molar-refractivity contribution in [3.63, 3.8) is 0 Å². The molecule has 0 saturated carbocycles. The van der Waals surface area contributed by atoms with Gasteiger partial charge in [0, 0.05) is 12.7 Å². The lowest BCUT2D eigenvalue weighted by molar-refractivity contribution is -0.137. The van der Waals surface area contributed by atoms with Crippen LogP contribution in [0.1, 0.15) is 37.1 Å². The number of aryl methyl sites for hydroxylation is 1. The number of carboxylic acids is 1. The van der Waals surface area contributed by atoms with Crippen LogP contribution in [0.5, 0.6) is 0 Å². The van der Waals surface area contributed by atoms with Crippen LogP contribution in [0.15, 0.2) is 42.6 Å². The zero-order valence-corrected chi connectivity index (χ0v) is 13.5. The minimum atomic E-state index is -1.01. The number of carbonyl (C=O) groups excluding carboxylic acids is 1. The lowest BCUT2D eigenvalue weighted by Gasteiger charge is -2.18. The maximum atomic E-state index is 12.0. The summed E-state index contributed by atoms with van der Waals surface area (Å²) >= 11 is 0. The molecule has 0 aliphatic carbocycles. The Labute approximate surface area is 140 Å². The molecule has 7 nitrogen and oxygen atoms in total. The Bertz CT molecular complexity index is 669. The molecule has 0 fully saturated rings. The summed E-state index contributed by atoms with van der Waals surface area (Å²) in [6.45, 7) is 2.78. The number of hydrogen-bond donors (Lipinski definition) is 2. The predicted octanol–water partition coefficient (Wildman–Crippen LogP) is 2.74. The third-order valence-electron chi connectivity index (χ3n) is 3.43. The number of nitrogens with one attached hydrogen (secondary N) is 1. The highest BCUT2D eigenvalue weighted by Gasteiger charge is 2.22. The van der Waals surface area contributed by atoms with Gasteiger partial charge in [-0.1, -0.05) is 37.3 Å². The number of carbonyl (C=O) groups is 2. The molecule has 0 radical (unpaired) electrons. The summed E-state index contributed by atoms with van der Waals surface area (Å²) < 4.78 is 6.86. The predicted molar refractivity (Wildman–Crippen MR) is 87.3 cm³/mol. The summed E-state index contributed by atoms with van der Waals surface area (Å²) in [4.78, 5) is 23.1. The molecular weight excluding hydrogens is 310 g/mol. The molecule has 2 aromatic rings. The molecule has 1 aromatic heterocycles. The highest BCUT2D eigenvalue weighted by atomic mass is 16.5. The molecule has 0 saturated heterocycles. The number of rotatable bonds is 8. The fourth-order valence-corrected chi connectivity index (χ4v) is 2.35. The van der Waals surface area contributed by atoms with Crippen molar-refractivity contribution in [1.82, 2.24) is 15.1 Å². The molecule has 0 bridgehead atoms. The van der Waals surface area contributed by atoms with E-state index in [-0.39, 0.29) is 13.0 Å². The first-order valence-electron chi connectivity index (χ1n) is 7.81. The molecule has 1 atom stereocenters. The monoisotopic (exact) mass is 331 g/mol. The fourth-order valence-electron chi connectivity index (χ4n) is 2.35. The largest absolute Gasteiger partial charge is 0.481 e. The van der Waals surface area contributed by atoms with Crippen LogP contribution >= 0.6 is 0 Å². The SMILES string of the molecule is CCCn1nccc1[C@H](CC(=O)O)NC(=O)OCc1ccccc1. The molecule has 128 valence electrons. The van der Waals surface area contributed by atoms with Gasteiger partial charge in [0.15, 0.2) is 0 Å². The molecule has 1 heterocycles. The number of aromatic nitrogens is 2. The third kappa shape index (κ3) is 5.12. The van der Waals surface area contributed by atoms with Crippen LogP contribution < -0.4 is 5.32 Å². The van der Waals surface area contributed by atoms with Gasteiger partial charge >= 0.3 is 12.1 Å². The molecule has 0 unspecified atom stereocenters. The summed E-state index contributed by atoms with van der Waals surface area (Å²) in [7, 11) is 0. The summed E-state index contributed by atoms with van der Waals surface area (Å²) in [5, 5.41) is 15.9. The van der Waals surface area contributed by atoms with E-state index in [1.54, 1.807) is 16.9 Å². The zero-order valence-electron chi connectivity index (χ0n) is 13.5. The lowest BCUT2D eigenvalue weighted by atomic mass is 10.1. The number of ether oxygens (including phenoxy) is 1. The van der Waals surface area contributed by atoms with Crippen molar-refractivity contribution in [2.75, 3.05) is 0 Å². The van der Waals surface area contributed by atoms with E-state index in [9.17, 15) is 9.59 Å². The second kappa shape index (κ2) is 8.71. The van der Waals surface area contributed by atoms with Crippen LogP contribution in [0.3, 0.4) is 0 Å². The minimum absolute atomic E-state index is 0.126. The molecule has 2 rings (SSSR count). The van der Waals surface area contributed by atoms with E-state index in [0.717, 1.165) is 12.0 Å². The smallest absolute Gasteiger partial charge is 0.408 e. The van der Waals surface area contributed by atoms with E-state index >= 15 is 0 Å². The molecule has 7 heteroatoms. The van der Waals surface area contributed by atoms with Crippen molar-refractivity contribution >= 4 is 12.1 Å². The van der Waals surface area contributed by atoms with Crippen LogP contribution in [-0.4, -0.2) is 26.9 Å². The average molecular weight is 331 g/mol. The quantitative estimate of drug-likeness (QED) is 0.776. The van der Waals surface area contributed by atoms with Crippen LogP contribution in [-0.2, 0) is 22.7 Å². The van der Waals surface area contributed by atoms with E-state index in [2.05, 4.69) is 10.4 Å². The molecule has 0 aliphatic heterocycles. The van der Waals surface area contributed by atoms with E-state index in [0.29, 0.717) is 12.2 Å². The summed E-state index contributed by atoms with van der Waals surface area (Å²) in [5.74, 6) is -1.01.